The van der Waals surface area contributed by atoms with Crippen LogP contribution in [0.2, 0.25) is 0 Å². The van der Waals surface area contributed by atoms with Gasteiger partial charge >= 0.3 is 23.9 Å². The number of aromatic nitrogens is 2. The summed E-state index contributed by atoms with van der Waals surface area (Å²) in [6.07, 6.45) is 0.569. The Morgan fingerprint density at radius 3 is 1.91 bits per heavy atom. The molecule has 0 aliphatic rings. The predicted octanol–water partition coefficient (Wildman–Crippen LogP) is 2.40. The summed E-state index contributed by atoms with van der Waals surface area (Å²) in [4.78, 5) is 51.8. The maximum absolute atomic E-state index is 11.5. The first kappa shape index (κ1) is 28.5. The molecule has 2 aromatic heterocycles. The first-order chi connectivity index (χ1) is 16.1. The third kappa shape index (κ3) is 9.11. The number of carboxylic acid groups (broad SMARTS) is 2. The number of carbonyl (C=O) groups is 4. The van der Waals surface area contributed by atoms with Crippen LogP contribution < -0.4 is 10.5 Å². The fourth-order valence-corrected chi connectivity index (χ4v) is 2.65. The molecule has 2 aromatic rings. The average molecular weight is 542 g/mol. The van der Waals surface area contributed by atoms with Gasteiger partial charge in [-0.2, -0.15) is 0 Å². The SMILES string of the molecule is CCOC(=O)c1cc(Br)cc(C(=O)OCC)n1.NCCCOc1ccc(C(=O)O)nc1C(=O)O. The van der Waals surface area contributed by atoms with Gasteiger partial charge in [0.15, 0.2) is 11.4 Å². The van der Waals surface area contributed by atoms with Crippen LogP contribution in [0.3, 0.4) is 0 Å². The highest BCUT2D eigenvalue weighted by atomic mass is 79.9. The van der Waals surface area contributed by atoms with E-state index in [9.17, 15) is 19.2 Å². The number of halogens is 1. The van der Waals surface area contributed by atoms with E-state index in [1.165, 1.54) is 24.3 Å². The van der Waals surface area contributed by atoms with Gasteiger partial charge in [-0.05, 0) is 51.1 Å². The Morgan fingerprint density at radius 2 is 1.47 bits per heavy atom. The molecule has 0 aromatic carbocycles. The third-order valence-electron chi connectivity index (χ3n) is 3.65. The molecule has 0 unspecified atom stereocenters. The molecule has 0 spiro atoms. The van der Waals surface area contributed by atoms with Gasteiger partial charge in [-0.1, -0.05) is 15.9 Å². The Morgan fingerprint density at radius 1 is 0.912 bits per heavy atom. The molecule has 12 nitrogen and oxygen atoms in total. The summed E-state index contributed by atoms with van der Waals surface area (Å²) in [6.45, 7) is 4.57. The number of nitrogens with zero attached hydrogens (tertiary/aromatic N) is 2. The molecule has 4 N–H and O–H groups in total. The Balaban J connectivity index is 0.000000340. The normalized spacial score (nSPS) is 9.88. The lowest BCUT2D eigenvalue weighted by Gasteiger charge is -2.08. The molecule has 0 saturated heterocycles. The Kier molecular flexibility index (Phi) is 12.2. The molecule has 0 radical (unpaired) electrons. The van der Waals surface area contributed by atoms with Crippen LogP contribution in [0.5, 0.6) is 5.75 Å². The van der Waals surface area contributed by atoms with Gasteiger partial charge < -0.3 is 30.2 Å². The number of esters is 2. The Hall–Kier alpha value is -3.58. The van der Waals surface area contributed by atoms with Gasteiger partial charge in [-0.3, -0.25) is 0 Å². The van der Waals surface area contributed by atoms with E-state index in [0.29, 0.717) is 17.4 Å². The van der Waals surface area contributed by atoms with Crippen molar-refractivity contribution < 1.29 is 43.6 Å². The van der Waals surface area contributed by atoms with Crippen LogP contribution in [0, 0.1) is 0 Å². The van der Waals surface area contributed by atoms with Crippen molar-refractivity contribution in [1.82, 2.24) is 9.97 Å². The van der Waals surface area contributed by atoms with E-state index in [-0.39, 0.29) is 42.7 Å². The van der Waals surface area contributed by atoms with Gasteiger partial charge in [0.1, 0.15) is 17.1 Å². The van der Waals surface area contributed by atoms with Crippen LogP contribution >= 0.6 is 15.9 Å². The van der Waals surface area contributed by atoms with Crippen LogP contribution in [0.15, 0.2) is 28.7 Å². The number of aromatic carboxylic acids is 2. The number of carbonyl (C=O) groups excluding carboxylic acids is 2. The number of carboxylic acids is 2. The van der Waals surface area contributed by atoms with E-state index in [1.54, 1.807) is 13.8 Å². The number of hydrogen-bond donors (Lipinski definition) is 3. The second-order valence-electron chi connectivity index (χ2n) is 6.14. The maximum atomic E-state index is 11.5. The molecule has 0 saturated carbocycles. The lowest BCUT2D eigenvalue weighted by Crippen LogP contribution is -2.12. The number of pyridine rings is 2. The molecular formula is C21H24BrN3O9. The molecule has 0 amide bonds. The van der Waals surface area contributed by atoms with Crippen LogP contribution in [0.1, 0.15) is 62.2 Å². The first-order valence-electron chi connectivity index (χ1n) is 9.96. The zero-order valence-corrected chi connectivity index (χ0v) is 20.0. The maximum Gasteiger partial charge on any atom is 0.358 e. The predicted molar refractivity (Wildman–Crippen MR) is 121 cm³/mol. The number of nitrogens with two attached hydrogens (primary N) is 1. The van der Waals surface area contributed by atoms with Crippen LogP contribution in [-0.2, 0) is 9.47 Å². The van der Waals surface area contributed by atoms with Gasteiger partial charge in [0.2, 0.25) is 0 Å². The van der Waals surface area contributed by atoms with Gasteiger partial charge in [-0.25, -0.2) is 29.1 Å². The average Bonchev–Trinajstić information content (AvgIpc) is 2.79. The summed E-state index contributed by atoms with van der Waals surface area (Å²) in [5.74, 6) is -3.73. The van der Waals surface area contributed by atoms with Crippen molar-refractivity contribution in [3.05, 3.63) is 51.5 Å². The molecule has 0 atom stereocenters. The number of hydrogen-bond acceptors (Lipinski definition) is 10. The molecule has 13 heteroatoms. The lowest BCUT2D eigenvalue weighted by atomic mass is 10.2. The van der Waals surface area contributed by atoms with E-state index >= 15 is 0 Å². The second kappa shape index (κ2) is 14.5. The van der Waals surface area contributed by atoms with E-state index in [4.69, 9.17) is 30.2 Å². The smallest absolute Gasteiger partial charge is 0.358 e. The summed E-state index contributed by atoms with van der Waals surface area (Å²) in [5.41, 5.74) is 4.66. The largest absolute Gasteiger partial charge is 0.491 e. The quantitative estimate of drug-likeness (QED) is 0.294. The monoisotopic (exact) mass is 541 g/mol. The summed E-state index contributed by atoms with van der Waals surface area (Å²) in [7, 11) is 0. The summed E-state index contributed by atoms with van der Waals surface area (Å²) in [6, 6.07) is 5.43. The zero-order valence-electron chi connectivity index (χ0n) is 18.4. The first-order valence-corrected chi connectivity index (χ1v) is 10.8. The van der Waals surface area contributed by atoms with Gasteiger partial charge in [0, 0.05) is 4.47 Å². The molecule has 184 valence electrons. The minimum Gasteiger partial charge on any atom is -0.491 e. The molecule has 0 aliphatic heterocycles. The highest BCUT2D eigenvalue weighted by Crippen LogP contribution is 2.17. The summed E-state index contributed by atoms with van der Waals surface area (Å²) < 4.78 is 15.3. The Labute approximate surface area is 203 Å². The zero-order chi connectivity index (χ0) is 25.7. The standard InChI is InChI=1S/C11H12BrNO4.C10H12N2O5/c1-3-16-10(14)8-5-7(12)6-9(13-8)11(15)17-4-2;11-4-1-5-17-7-3-2-6(9(13)14)12-8(7)10(15)16/h5-6H,3-4H2,1-2H3;2-3H,1,4-5,11H2,(H,13,14)(H,15,16). The van der Waals surface area contributed by atoms with Gasteiger partial charge in [-0.15, -0.1) is 0 Å². The van der Waals surface area contributed by atoms with Crippen molar-refractivity contribution in [3.8, 4) is 5.75 Å². The fourth-order valence-electron chi connectivity index (χ4n) is 2.22. The van der Waals surface area contributed by atoms with Crippen LogP contribution in [0.4, 0.5) is 0 Å². The molecule has 0 fully saturated rings. The highest BCUT2D eigenvalue weighted by molar-refractivity contribution is 9.10. The van der Waals surface area contributed by atoms with Crippen LogP contribution in [0.25, 0.3) is 0 Å². The van der Waals surface area contributed by atoms with E-state index in [2.05, 4.69) is 25.9 Å². The van der Waals surface area contributed by atoms with Crippen molar-refractivity contribution in [2.75, 3.05) is 26.4 Å². The summed E-state index contributed by atoms with van der Waals surface area (Å²) in [5, 5.41) is 17.6. The van der Waals surface area contributed by atoms with Crippen molar-refractivity contribution >= 4 is 39.8 Å². The fraction of sp³-hybridized carbons (Fsp3) is 0.333. The van der Waals surface area contributed by atoms with Crippen molar-refractivity contribution in [2.45, 2.75) is 20.3 Å². The second-order valence-corrected chi connectivity index (χ2v) is 7.06. The minimum atomic E-state index is -1.34. The van der Waals surface area contributed by atoms with E-state index in [0.717, 1.165) is 0 Å². The topological polar surface area (TPSA) is 188 Å². The van der Waals surface area contributed by atoms with Gasteiger partial charge in [0.05, 0.1) is 19.8 Å². The third-order valence-corrected chi connectivity index (χ3v) is 4.10. The highest BCUT2D eigenvalue weighted by Gasteiger charge is 2.17. The molecule has 34 heavy (non-hydrogen) atoms. The van der Waals surface area contributed by atoms with Crippen molar-refractivity contribution in [1.29, 1.82) is 0 Å². The molecular weight excluding hydrogens is 518 g/mol. The van der Waals surface area contributed by atoms with Crippen LogP contribution in [-0.4, -0.2) is 70.4 Å². The molecule has 0 bridgehead atoms. The van der Waals surface area contributed by atoms with E-state index < -0.39 is 29.6 Å². The summed E-state index contributed by atoms with van der Waals surface area (Å²) >= 11 is 3.20. The molecule has 0 aliphatic carbocycles. The van der Waals surface area contributed by atoms with E-state index in [1.807, 2.05) is 0 Å². The molecule has 2 rings (SSSR count). The van der Waals surface area contributed by atoms with Gasteiger partial charge in [0.25, 0.3) is 0 Å². The minimum absolute atomic E-state index is 0.0379. The number of ether oxygens (including phenoxy) is 3. The van der Waals surface area contributed by atoms with Crippen molar-refractivity contribution in [3.63, 3.8) is 0 Å². The number of rotatable bonds is 10. The molecule has 2 heterocycles. The van der Waals surface area contributed by atoms with Crippen molar-refractivity contribution in [2.24, 2.45) is 5.73 Å². The lowest BCUT2D eigenvalue weighted by molar-refractivity contribution is 0.0509. The Bertz CT molecular complexity index is 994.